The maximum atomic E-state index is 13.7. The molecular formula is C53H80IKN6O5S2. The fraction of sp³-hybridized carbons (Fsp3) is 0.472. The zero-order valence-corrected chi connectivity index (χ0v) is 49.1. The Bertz CT molecular complexity index is 2040. The minimum atomic E-state index is -1.07. The van der Waals surface area contributed by atoms with Crippen LogP contribution in [0, 0.1) is 0 Å². The zero-order valence-electron chi connectivity index (χ0n) is 42.2. The van der Waals surface area contributed by atoms with E-state index in [1.807, 2.05) is 169 Å². The van der Waals surface area contributed by atoms with Crippen LogP contribution in [0.1, 0.15) is 92.7 Å². The number of carbonyl (C=O) groups excluding carboxylic acids is 2. The molecule has 1 amide bonds. The molecule has 5 rings (SSSR count). The second-order valence-corrected chi connectivity index (χ2v) is 19.3. The van der Waals surface area contributed by atoms with E-state index < -0.39 is 16.7 Å². The summed E-state index contributed by atoms with van der Waals surface area (Å²) in [7, 11) is 3.92. The van der Waals surface area contributed by atoms with Gasteiger partial charge in [-0.25, -0.2) is 14.4 Å². The molecule has 1 heterocycles. The van der Waals surface area contributed by atoms with E-state index in [4.69, 9.17) is 10.6 Å². The zero-order chi connectivity index (χ0) is 48.6. The number of carbonyl (C=O) groups is 2. The Morgan fingerprint density at radius 3 is 1.68 bits per heavy atom. The predicted octanol–water partition coefficient (Wildman–Crippen LogP) is 2.97. The van der Waals surface area contributed by atoms with Crippen LogP contribution < -0.4 is 106 Å². The molecule has 4 aromatic rings. The van der Waals surface area contributed by atoms with Crippen molar-refractivity contribution in [1.29, 1.82) is 0 Å². The largest absolute Gasteiger partial charge is 1.00 e. The Balaban J connectivity index is 0. The molecule has 2 unspecified atom stereocenters. The number of nitrogens with zero attached hydrogens (tertiary/aromatic N) is 4. The molecule has 0 spiro atoms. The normalized spacial score (nSPS) is 16.6. The predicted molar refractivity (Wildman–Crippen MR) is 282 cm³/mol. The third kappa shape index (κ3) is 23.9. The number of rotatable bonds is 19. The molecule has 372 valence electrons. The first-order chi connectivity index (χ1) is 30.8. The summed E-state index contributed by atoms with van der Waals surface area (Å²) in [6.07, 6.45) is 7.27. The Morgan fingerprint density at radius 1 is 0.794 bits per heavy atom. The molecule has 15 heteroatoms. The van der Waals surface area contributed by atoms with Crippen LogP contribution in [0.4, 0.5) is 11.4 Å². The number of halogens is 1. The number of benzene rings is 4. The Hall–Kier alpha value is -2.13. The second kappa shape index (κ2) is 34.3. The number of quaternary nitrogens is 2. The molecule has 0 radical (unpaired) electrons. The molecule has 0 aliphatic carbocycles. The number of hydrogen-bond acceptors (Lipinski definition) is 10. The van der Waals surface area contributed by atoms with E-state index in [2.05, 4.69) is 22.3 Å². The van der Waals surface area contributed by atoms with Crippen LogP contribution in [-0.4, -0.2) is 91.6 Å². The van der Waals surface area contributed by atoms with Gasteiger partial charge in [-0.15, -0.1) is 5.60 Å². The minimum absolute atomic E-state index is 0. The van der Waals surface area contributed by atoms with Crippen LogP contribution in [0.25, 0.3) is 0 Å². The first kappa shape index (κ1) is 67.9. The maximum absolute atomic E-state index is 13.7. The standard InChI is InChI=1S/C24H33N3O2S.C15H19NO2S.C9H15N2.C4H9O.CH4.HI.K/c1-5-24(25-22(28)17-18-30-4,19-20-13-9-7-10-14-20)23(29)26-27(3,6-2)21-15-11-8-12-16-21;1-3-15(11-12-7-5-4-6-8-12)14(17)18-13(16-15)9-10-19-2;1-3-11(2,10)9-7-5-4-6-8-9;1-4(2,3)5;;;/h7-16H,5-6,17-19H2,1-4H3,(H-,25,26,28,29);4-8H,3,9-11H2,1-2H3;4-8H,3,10H2,1-2H3;1-3H3;1H4;1H;/q;;+1;-1;;;+1/p-1/t24-,27?;15-;;;;;/m00...../s1. The number of nitrogens with one attached hydrogen (secondary N) is 1. The Labute approximate surface area is 478 Å². The molecule has 4 aromatic carbocycles. The topological polar surface area (TPSA) is 152 Å². The van der Waals surface area contributed by atoms with Gasteiger partial charge in [0.15, 0.2) is 22.8 Å². The number of nitrogens with two attached hydrogens (primary N) is 1. The summed E-state index contributed by atoms with van der Waals surface area (Å²) in [6, 6.07) is 39.7. The first-order valence-electron chi connectivity index (χ1n) is 22.5. The molecule has 1 aliphatic rings. The van der Waals surface area contributed by atoms with E-state index in [1.165, 1.54) is 0 Å². The maximum Gasteiger partial charge on any atom is 1.00 e. The van der Waals surface area contributed by atoms with Gasteiger partial charge in [-0.2, -0.15) is 34.0 Å². The number of cyclic esters (lactones) is 1. The van der Waals surface area contributed by atoms with E-state index in [0.29, 0.717) is 49.1 Å². The number of para-hydroxylation sites is 2. The van der Waals surface area contributed by atoms with E-state index in [1.54, 1.807) is 44.3 Å². The molecule has 0 fully saturated rings. The summed E-state index contributed by atoms with van der Waals surface area (Å²) in [5.41, 5.74) is 1.67. The number of ether oxygens (including phenoxy) is 1. The molecule has 0 saturated carbocycles. The van der Waals surface area contributed by atoms with Crippen LogP contribution in [0.5, 0.6) is 0 Å². The van der Waals surface area contributed by atoms with Gasteiger partial charge in [0.1, 0.15) is 6.54 Å². The molecule has 68 heavy (non-hydrogen) atoms. The summed E-state index contributed by atoms with van der Waals surface area (Å²) in [5.74, 6) is 7.61. The van der Waals surface area contributed by atoms with Crippen molar-refractivity contribution in [2.45, 2.75) is 111 Å². The van der Waals surface area contributed by atoms with Gasteiger partial charge >= 0.3 is 57.4 Å². The van der Waals surface area contributed by atoms with Crippen molar-refractivity contribution in [3.63, 3.8) is 0 Å². The number of esters is 1. The smallest absolute Gasteiger partial charge is 1.00 e. The SMILES string of the molecule is C.CC(C)(C)[O-].CC[C@@](Cc1ccccc1)(NC(=O)CCSC)C([O-])=N[N+](C)(CC)c1ccccc1.CC[C@@]1(Cc2ccccc2)N=C(CCSC)OC1=O.CC[N+](C)(N)c1ccccc1.[I-].[K+]. The van der Waals surface area contributed by atoms with E-state index in [0.717, 1.165) is 47.0 Å². The van der Waals surface area contributed by atoms with Crippen LogP contribution in [0.15, 0.2) is 131 Å². The molecule has 4 atom stereocenters. The summed E-state index contributed by atoms with van der Waals surface area (Å²) in [4.78, 5) is 29.4. The average molecular weight is 1110 g/mol. The molecule has 0 aromatic heterocycles. The van der Waals surface area contributed by atoms with Crippen LogP contribution >= 0.6 is 23.5 Å². The number of hydrogen-bond donors (Lipinski definition) is 2. The number of aliphatic imine (C=N–C) groups is 1. The van der Waals surface area contributed by atoms with Gasteiger partial charge in [0.05, 0.1) is 26.2 Å². The molecule has 3 N–H and O–H groups in total. The van der Waals surface area contributed by atoms with Gasteiger partial charge < -0.3 is 44.2 Å². The Kier molecular flexibility index (Phi) is 34.2. The van der Waals surface area contributed by atoms with Gasteiger partial charge in [-0.3, -0.25) is 4.79 Å². The molecule has 0 saturated heterocycles. The average Bonchev–Trinajstić information content (AvgIpc) is 3.62. The van der Waals surface area contributed by atoms with Crippen LogP contribution in [-0.2, 0) is 27.2 Å². The minimum Gasteiger partial charge on any atom is -1.00 e. The van der Waals surface area contributed by atoms with Crippen molar-refractivity contribution in [3.8, 4) is 0 Å². The van der Waals surface area contributed by atoms with Gasteiger partial charge in [-0.05, 0) is 50.3 Å². The van der Waals surface area contributed by atoms with Crippen molar-refractivity contribution < 1.29 is 99.9 Å². The molecule has 11 nitrogen and oxygen atoms in total. The van der Waals surface area contributed by atoms with E-state index in [9.17, 15) is 19.8 Å². The summed E-state index contributed by atoms with van der Waals surface area (Å²) in [6.45, 7) is 14.4. The number of thioether (sulfide) groups is 2. The fourth-order valence-corrected chi connectivity index (χ4v) is 7.28. The summed E-state index contributed by atoms with van der Waals surface area (Å²) < 4.78 is 5.94. The fourth-order valence-electron chi connectivity index (χ4n) is 6.51. The van der Waals surface area contributed by atoms with Crippen molar-refractivity contribution in [2.24, 2.45) is 15.9 Å². The summed E-state index contributed by atoms with van der Waals surface area (Å²) in [5, 5.41) is 31.5. The number of amides is 1. The van der Waals surface area contributed by atoms with Crippen molar-refractivity contribution in [3.05, 3.63) is 132 Å². The van der Waals surface area contributed by atoms with Gasteiger partial charge in [-0.1, -0.05) is 144 Å². The second-order valence-electron chi connectivity index (χ2n) is 17.3. The van der Waals surface area contributed by atoms with Crippen molar-refractivity contribution in [1.82, 2.24) is 14.5 Å². The van der Waals surface area contributed by atoms with Gasteiger partial charge in [0.2, 0.25) is 5.91 Å². The van der Waals surface area contributed by atoms with Gasteiger partial charge in [0, 0.05) is 67.4 Å². The first-order valence-corrected chi connectivity index (χ1v) is 25.3. The summed E-state index contributed by atoms with van der Waals surface area (Å²) >= 11 is 3.34. The van der Waals surface area contributed by atoms with Crippen LogP contribution in [0.3, 0.4) is 0 Å². The Morgan fingerprint density at radius 2 is 1.25 bits per heavy atom. The third-order valence-electron chi connectivity index (χ3n) is 10.9. The monoisotopic (exact) mass is 1110 g/mol. The van der Waals surface area contributed by atoms with Crippen LogP contribution in [0.2, 0.25) is 0 Å². The molecular weight excluding hydrogens is 1030 g/mol. The third-order valence-corrected chi connectivity index (χ3v) is 12.1. The van der Waals surface area contributed by atoms with Gasteiger partial charge in [0.25, 0.3) is 0 Å². The quantitative estimate of drug-likeness (QED) is 0.0213. The van der Waals surface area contributed by atoms with E-state index in [-0.39, 0.29) is 105 Å². The van der Waals surface area contributed by atoms with Crippen molar-refractivity contribution in [2.75, 3.05) is 51.2 Å². The molecule has 0 bridgehead atoms. The van der Waals surface area contributed by atoms with E-state index >= 15 is 0 Å². The van der Waals surface area contributed by atoms with Crippen molar-refractivity contribution >= 4 is 58.6 Å². The molecule has 1 aliphatic heterocycles.